The zero-order valence-electron chi connectivity index (χ0n) is 76.6. The van der Waals surface area contributed by atoms with Gasteiger partial charge in [0.1, 0.15) is 55.5 Å². The molecule has 0 unspecified atom stereocenters. The molecule has 0 amide bonds. The number of nitro benzene ring substituents is 7. The normalized spacial score (nSPS) is 10.3. The van der Waals surface area contributed by atoms with Crippen LogP contribution in [0.3, 0.4) is 0 Å². The van der Waals surface area contributed by atoms with Crippen LogP contribution in [-0.4, -0.2) is 212 Å². The number of aliphatic hydroxyl groups is 2. The lowest BCUT2D eigenvalue weighted by atomic mass is 10.1. The van der Waals surface area contributed by atoms with Crippen LogP contribution in [0.5, 0.6) is 51.7 Å². The maximum absolute atomic E-state index is 10.9. The van der Waals surface area contributed by atoms with E-state index in [1.807, 2.05) is 44.4 Å². The van der Waals surface area contributed by atoms with Crippen molar-refractivity contribution in [2.75, 3.05) is 143 Å². The lowest BCUT2D eigenvalue weighted by molar-refractivity contribution is -0.385. The second-order valence-electron chi connectivity index (χ2n) is 28.0. The molecule has 0 heterocycles. The summed E-state index contributed by atoms with van der Waals surface area (Å²) in [6, 6.07) is 43.5. The van der Waals surface area contributed by atoms with Crippen molar-refractivity contribution in [3.05, 3.63) is 291 Å². The molecule has 0 spiro atoms. The molecule has 9 rings (SSSR count). The number of aldehydes is 1. The summed E-state index contributed by atoms with van der Waals surface area (Å²) < 4.78 is 70.2. The van der Waals surface area contributed by atoms with Gasteiger partial charge in [-0.05, 0) is 227 Å². The summed E-state index contributed by atoms with van der Waals surface area (Å²) in [5.74, 6) is 3.51. The highest BCUT2D eigenvalue weighted by Gasteiger charge is 2.22. The van der Waals surface area contributed by atoms with E-state index in [1.165, 1.54) is 128 Å². The molecule has 0 bridgehead atoms. The largest absolute Gasteiger partial charge is 0.497 e. The van der Waals surface area contributed by atoms with E-state index in [-0.39, 0.29) is 79.4 Å². The number of carbonyl (C=O) groups is 2. The minimum atomic E-state index is -3.47. The van der Waals surface area contributed by atoms with Crippen LogP contribution < -0.4 is 54.1 Å². The van der Waals surface area contributed by atoms with Crippen LogP contribution in [-0.2, 0) is 51.2 Å². The van der Waals surface area contributed by atoms with E-state index in [1.54, 1.807) is 87.9 Å². The second-order valence-corrected chi connectivity index (χ2v) is 32.7. The van der Waals surface area contributed by atoms with Crippen LogP contribution in [0.25, 0.3) is 6.08 Å². The number of nitrogens with zero attached hydrogens (tertiary/aromatic N) is 9. The van der Waals surface area contributed by atoms with Gasteiger partial charge in [-0.1, -0.05) is 44.0 Å². The number of methoxy groups -OCH3 is 9. The number of carboxylic acids is 1. The van der Waals surface area contributed by atoms with Crippen LogP contribution in [0.1, 0.15) is 90.7 Å². The van der Waals surface area contributed by atoms with Crippen molar-refractivity contribution in [3.63, 3.8) is 0 Å². The molecule has 0 saturated heterocycles. The fourth-order valence-corrected chi connectivity index (χ4v) is 12.3. The molecule has 730 valence electrons. The number of aryl methyl sites for hydroxylation is 6. The highest BCUT2D eigenvalue weighted by Crippen LogP contribution is 2.38. The van der Waals surface area contributed by atoms with Gasteiger partial charge in [-0.25, -0.2) is 4.79 Å². The quantitative estimate of drug-likeness (QED) is 0.00349. The molecule has 134 heavy (non-hydrogen) atoms. The van der Waals surface area contributed by atoms with Gasteiger partial charge in [-0.3, -0.25) is 79.8 Å². The first-order valence-electron chi connectivity index (χ1n) is 40.0. The van der Waals surface area contributed by atoms with Gasteiger partial charge in [-0.2, -0.15) is 8.42 Å². The number of aliphatic hydroxyl groups excluding tert-OH is 2. The number of benzene rings is 9. The molecule has 0 fully saturated rings. The van der Waals surface area contributed by atoms with Crippen molar-refractivity contribution in [1.82, 2.24) is 9.80 Å². The Kier molecular flexibility index (Phi) is 56.5. The Balaban J connectivity index is 0.000000756. The molecule has 42 nitrogen and oxygen atoms in total. The van der Waals surface area contributed by atoms with Gasteiger partial charge in [-0.15, -0.1) is 0 Å². The summed E-state index contributed by atoms with van der Waals surface area (Å²) in [5.41, 5.74) is 18.7. The summed E-state index contributed by atoms with van der Waals surface area (Å²) >= 11 is 6.44. The van der Waals surface area contributed by atoms with Crippen molar-refractivity contribution in [1.29, 1.82) is 0 Å². The van der Waals surface area contributed by atoms with Crippen LogP contribution in [0.15, 0.2) is 170 Å². The molecular formula is C89H113Br2N11O31S. The van der Waals surface area contributed by atoms with Crippen LogP contribution in [0.4, 0.5) is 51.2 Å². The lowest BCUT2D eigenvalue weighted by Crippen LogP contribution is -2.13. The number of alkyl halides is 2. The molecule has 7 N–H and O–H groups in total. The number of rotatable bonds is 39. The first-order chi connectivity index (χ1) is 63.4. The van der Waals surface area contributed by atoms with Crippen molar-refractivity contribution >= 4 is 111 Å². The van der Waals surface area contributed by atoms with Crippen molar-refractivity contribution in [2.24, 2.45) is 0 Å². The first kappa shape index (κ1) is 118. The van der Waals surface area contributed by atoms with E-state index in [0.29, 0.717) is 101 Å². The molecule has 0 atom stereocenters. The summed E-state index contributed by atoms with van der Waals surface area (Å²) in [6.07, 6.45) is 10.5. The van der Waals surface area contributed by atoms with Gasteiger partial charge in [0.2, 0.25) is 0 Å². The minimum absolute atomic E-state index is 0.00200. The van der Waals surface area contributed by atoms with E-state index >= 15 is 0 Å². The van der Waals surface area contributed by atoms with Gasteiger partial charge in [0.05, 0.1) is 170 Å². The Bertz CT molecular complexity index is 5420. The zero-order valence-corrected chi connectivity index (χ0v) is 80.6. The number of carbonyl (C=O) groups excluding carboxylic acids is 1. The monoisotopic (exact) mass is 2020 g/mol. The van der Waals surface area contributed by atoms with Crippen LogP contribution in [0, 0.1) is 77.7 Å². The Labute approximate surface area is 791 Å². The second kappa shape index (κ2) is 64.1. The number of hydrogen-bond donors (Lipinski definition) is 5. The smallest absolute Gasteiger partial charge is 0.328 e. The molecule has 0 saturated carbocycles. The van der Waals surface area contributed by atoms with Crippen LogP contribution in [0.2, 0.25) is 0 Å². The first-order valence-corrected chi connectivity index (χ1v) is 43.6. The average Bonchev–Trinajstić information content (AvgIpc) is 0.838. The van der Waals surface area contributed by atoms with Crippen molar-refractivity contribution in [2.45, 2.75) is 74.9 Å². The Hall–Kier alpha value is -13.8. The number of anilines is 2. The third kappa shape index (κ3) is 45.8. The minimum Gasteiger partial charge on any atom is -0.497 e. The number of ether oxygens (including phenoxy) is 9. The standard InChI is InChI=1S/C12H18N2O3.C12H20N2O.C11H15NO6S.C10H9NO5.C10H13NO4.C10H15NO2.C8H7Br2NO3.C8H7NO4.C8H9NO3/c1-13(2)8-4-5-10-6-7-11(17-3)9-12(10)14(15)16;1-14(2)8-4-5-10-6-7-11(15-3)9-12(10)13;1-17-10-6-5-9(11(8-10)12(13)14)4-3-7-18-19(2,15)16;1-16-8-4-2-7(3-5-10(12)13)9(6-8)11(14)15;1-15-9-5-4-8(3-2-6-12)10(7-9)11(13)14;1-13-9-5-4-8(3-2-6-12)10(11)7-9;1-14-5-2-3-6(8(9)10)7(4-5)11(12)13;1-13-7-3-2-6(5-10)8(4-7)9(11)12;1-6-3-4-7(12-2)5-8(6)9(10)11/h6-7,9H,4-5,8H2,1-3H3;6-7,9H,4-5,8,13H2,1-3H3;5-6,8H,3-4,7H2,1-2H3;2-6H,1H3,(H,12,13);4-5,7,12H,2-3,6H2,1H3;4-5,7,12H,2-3,6,11H2,1H3;2-4,8H,1H3;2-5H,1H3;3-5H,1-2H3/b;;;5-3+;;;;;. The number of nitro groups is 7. The lowest BCUT2D eigenvalue weighted by Gasteiger charge is -2.11. The van der Waals surface area contributed by atoms with Crippen molar-refractivity contribution in [3.8, 4) is 51.7 Å². The molecule has 0 aliphatic heterocycles. The number of halogens is 2. The Morgan fingerprint density at radius 2 is 0.664 bits per heavy atom. The van der Waals surface area contributed by atoms with E-state index in [9.17, 15) is 88.8 Å². The molecular weight excluding hydrogens is 1910 g/mol. The summed E-state index contributed by atoms with van der Waals surface area (Å²) in [5, 5.41) is 101. The van der Waals surface area contributed by atoms with Crippen molar-refractivity contribution < 1.29 is 115 Å². The van der Waals surface area contributed by atoms with Crippen LogP contribution >= 0.6 is 31.9 Å². The Morgan fingerprint density at radius 1 is 0.396 bits per heavy atom. The van der Waals surface area contributed by atoms with Gasteiger partial charge in [0.15, 0.2) is 6.29 Å². The summed E-state index contributed by atoms with van der Waals surface area (Å²) in [7, 11) is 18.1. The number of nitrogens with two attached hydrogens (primary N) is 2. The highest BCUT2D eigenvalue weighted by atomic mass is 79.9. The van der Waals surface area contributed by atoms with E-state index in [0.717, 1.165) is 91.5 Å². The molecule has 0 aliphatic rings. The van der Waals surface area contributed by atoms with E-state index in [2.05, 4.69) is 59.9 Å². The fraction of sp³-hybridized carbons (Fsp3) is 0.348. The topological polar surface area (TPSA) is 582 Å². The van der Waals surface area contributed by atoms with Gasteiger partial charge in [0, 0.05) is 65.1 Å². The maximum atomic E-state index is 10.9. The predicted molar refractivity (Wildman–Crippen MR) is 513 cm³/mol. The average molecular weight is 2020 g/mol. The third-order valence-electron chi connectivity index (χ3n) is 18.1. The van der Waals surface area contributed by atoms with Gasteiger partial charge >= 0.3 is 5.97 Å². The van der Waals surface area contributed by atoms with E-state index < -0.39 is 45.6 Å². The Morgan fingerprint density at radius 3 is 0.970 bits per heavy atom. The number of hydrogen-bond acceptors (Lipinski definition) is 34. The SMILES string of the molecule is COc1ccc(/C=C/C(=O)O)c([N+](=O)[O-])c1.COc1ccc(C(Br)Br)c([N+](=O)[O-])c1.COc1ccc(C)c([N+](=O)[O-])c1.COc1ccc(C=O)c([N+](=O)[O-])c1.COc1ccc(CCCN(C)C)c(N)c1.COc1ccc(CCCN(C)C)c([N+](=O)[O-])c1.COc1ccc(CCCO)c(N)c1.COc1ccc(CCCO)c([N+](=O)[O-])c1.COc1ccc(CCCOS(C)(=O)=O)c([N+](=O)[O-])c1. The molecule has 9 aromatic carbocycles. The zero-order chi connectivity index (χ0) is 101. The molecule has 0 aliphatic carbocycles. The van der Waals surface area contributed by atoms with Gasteiger partial charge in [0.25, 0.3) is 49.9 Å². The summed E-state index contributed by atoms with van der Waals surface area (Å²) in [6.45, 7) is 3.93. The fourth-order valence-electron chi connectivity index (χ4n) is 11.1. The maximum Gasteiger partial charge on any atom is 0.328 e. The number of carboxylic acid groups (broad SMARTS) is 1. The summed E-state index contributed by atoms with van der Waals surface area (Å²) in [4.78, 5) is 96.4. The predicted octanol–water partition coefficient (Wildman–Crippen LogP) is 16.5. The number of nitrogen functional groups attached to an aromatic ring is 2. The molecule has 45 heteroatoms. The van der Waals surface area contributed by atoms with E-state index in [4.69, 9.17) is 69.4 Å². The highest BCUT2D eigenvalue weighted by molar-refractivity contribution is 9.24. The third-order valence-corrected chi connectivity index (χ3v) is 19.6. The van der Waals surface area contributed by atoms with Gasteiger partial charge < -0.3 is 79.2 Å². The number of aliphatic carboxylic acids is 1. The molecule has 0 aromatic heterocycles. The molecule has 0 radical (unpaired) electrons. The molecule has 9 aromatic rings.